The highest BCUT2D eigenvalue weighted by atomic mass is 16.5. The molecule has 144 valence electrons. The van der Waals surface area contributed by atoms with Crippen molar-refractivity contribution < 1.29 is 19.0 Å². The first-order valence-corrected chi connectivity index (χ1v) is 9.11. The average molecular weight is 368 g/mol. The molecule has 0 aliphatic heterocycles. The van der Waals surface area contributed by atoms with Crippen molar-refractivity contribution in [3.05, 3.63) is 58.7 Å². The van der Waals surface area contributed by atoms with Crippen LogP contribution in [-0.4, -0.2) is 27.3 Å². The number of ether oxygens (including phenoxy) is 3. The average Bonchev–Trinajstić information content (AvgIpc) is 2.69. The Bertz CT molecular complexity index is 806. The van der Waals surface area contributed by atoms with Gasteiger partial charge in [0.1, 0.15) is 11.5 Å². The lowest BCUT2D eigenvalue weighted by Crippen LogP contribution is -2.03. The van der Waals surface area contributed by atoms with Crippen molar-refractivity contribution in [3.63, 3.8) is 0 Å². The molecule has 0 unspecified atom stereocenters. The number of rotatable bonds is 8. The number of hydrogen-bond acceptors (Lipinski definition) is 4. The molecule has 0 heterocycles. The van der Waals surface area contributed by atoms with Crippen LogP contribution in [0.4, 0.5) is 0 Å². The molecule has 0 aliphatic carbocycles. The molecule has 4 heteroatoms. The summed E-state index contributed by atoms with van der Waals surface area (Å²) in [5.41, 5.74) is 3.34. The zero-order valence-electron chi connectivity index (χ0n) is 16.7. The Morgan fingerprint density at radius 1 is 0.963 bits per heavy atom. The molecule has 2 aromatic rings. The van der Waals surface area contributed by atoms with E-state index in [2.05, 4.69) is 13.8 Å². The van der Waals surface area contributed by atoms with Crippen LogP contribution in [0.3, 0.4) is 0 Å². The lowest BCUT2D eigenvalue weighted by atomic mass is 9.98. The summed E-state index contributed by atoms with van der Waals surface area (Å²) in [7, 11) is 4.74. The molecular weight excluding hydrogens is 340 g/mol. The predicted octanol–water partition coefficient (Wildman–Crippen LogP) is 5.25. The highest BCUT2D eigenvalue weighted by Gasteiger charge is 2.15. The van der Waals surface area contributed by atoms with Gasteiger partial charge in [0, 0.05) is 11.1 Å². The molecule has 0 aromatic heterocycles. The van der Waals surface area contributed by atoms with E-state index < -0.39 is 0 Å². The molecule has 0 spiro atoms. The van der Waals surface area contributed by atoms with Gasteiger partial charge < -0.3 is 14.2 Å². The third-order valence-corrected chi connectivity index (χ3v) is 4.45. The summed E-state index contributed by atoms with van der Waals surface area (Å²) in [6, 6.07) is 11.3. The minimum atomic E-state index is -0.352. The molecule has 4 nitrogen and oxygen atoms in total. The van der Waals surface area contributed by atoms with Crippen LogP contribution in [0.5, 0.6) is 11.5 Å². The van der Waals surface area contributed by atoms with Crippen molar-refractivity contribution >= 4 is 18.1 Å². The first-order chi connectivity index (χ1) is 13.0. The summed E-state index contributed by atoms with van der Waals surface area (Å²) in [4.78, 5) is 12.0. The second-order valence-electron chi connectivity index (χ2n) is 6.71. The minimum absolute atomic E-state index is 0.352. The van der Waals surface area contributed by atoms with E-state index in [1.807, 2.05) is 42.5 Å². The maximum Gasteiger partial charge on any atom is 0.338 e. The van der Waals surface area contributed by atoms with Crippen molar-refractivity contribution in [2.45, 2.75) is 26.7 Å². The first-order valence-electron chi connectivity index (χ1n) is 9.11. The smallest absolute Gasteiger partial charge is 0.338 e. The van der Waals surface area contributed by atoms with Crippen LogP contribution in [0.1, 0.15) is 47.3 Å². The van der Waals surface area contributed by atoms with E-state index in [1.165, 1.54) is 7.11 Å². The van der Waals surface area contributed by atoms with E-state index in [0.29, 0.717) is 11.5 Å². The molecule has 2 aromatic carbocycles. The maximum absolute atomic E-state index is 12.0. The Labute approximate surface area is 161 Å². The molecule has 0 amide bonds. The third kappa shape index (κ3) is 5.13. The largest absolute Gasteiger partial charge is 0.496 e. The number of carbonyl (C=O) groups is 1. The van der Waals surface area contributed by atoms with Gasteiger partial charge in [0.15, 0.2) is 0 Å². The molecule has 0 bridgehead atoms. The van der Waals surface area contributed by atoms with Crippen molar-refractivity contribution in [1.82, 2.24) is 0 Å². The van der Waals surface area contributed by atoms with Gasteiger partial charge in [-0.25, -0.2) is 4.79 Å². The topological polar surface area (TPSA) is 44.8 Å². The summed E-state index contributed by atoms with van der Waals surface area (Å²) in [5.74, 6) is 1.88. The summed E-state index contributed by atoms with van der Waals surface area (Å²) in [6.45, 7) is 4.40. The molecular formula is C23H28O4. The maximum atomic E-state index is 12.0. The molecule has 0 atom stereocenters. The van der Waals surface area contributed by atoms with Gasteiger partial charge >= 0.3 is 5.97 Å². The Morgan fingerprint density at radius 3 is 2.30 bits per heavy atom. The van der Waals surface area contributed by atoms with Crippen molar-refractivity contribution in [2.24, 2.45) is 5.92 Å². The van der Waals surface area contributed by atoms with Crippen LogP contribution in [0.15, 0.2) is 36.4 Å². The monoisotopic (exact) mass is 368 g/mol. The summed E-state index contributed by atoms with van der Waals surface area (Å²) in [6.07, 6.45) is 5.79. The van der Waals surface area contributed by atoms with Crippen molar-refractivity contribution in [2.75, 3.05) is 21.3 Å². The highest BCUT2D eigenvalue weighted by molar-refractivity contribution is 5.95. The summed E-state index contributed by atoms with van der Waals surface area (Å²) >= 11 is 0. The molecule has 0 aliphatic rings. The zero-order valence-corrected chi connectivity index (χ0v) is 16.7. The van der Waals surface area contributed by atoms with E-state index in [-0.39, 0.29) is 5.97 Å². The normalized spacial score (nSPS) is 11.0. The number of esters is 1. The number of benzene rings is 2. The predicted molar refractivity (Wildman–Crippen MR) is 109 cm³/mol. The standard InChI is InChI=1S/C23H28O4/c1-16(2)10-14-20-21(25-3)15-13-18(22(20)26-4)12-11-17-8-6-7-9-19(17)23(24)27-5/h6-9,11-13,15-16H,10,14H2,1-5H3. The molecule has 0 radical (unpaired) electrons. The zero-order chi connectivity index (χ0) is 19.8. The van der Waals surface area contributed by atoms with Gasteiger partial charge in [0.2, 0.25) is 0 Å². The quantitative estimate of drug-likeness (QED) is 0.471. The first kappa shape index (κ1) is 20.6. The SMILES string of the molecule is COC(=O)c1ccccc1C=Cc1ccc(OC)c(CCC(C)C)c1OC. The van der Waals surface area contributed by atoms with E-state index in [9.17, 15) is 4.79 Å². The third-order valence-electron chi connectivity index (χ3n) is 4.45. The second-order valence-corrected chi connectivity index (χ2v) is 6.71. The van der Waals surface area contributed by atoms with Crippen LogP contribution in [0.25, 0.3) is 12.2 Å². The van der Waals surface area contributed by atoms with Crippen LogP contribution < -0.4 is 9.47 Å². The van der Waals surface area contributed by atoms with Crippen LogP contribution >= 0.6 is 0 Å². The highest BCUT2D eigenvalue weighted by Crippen LogP contribution is 2.35. The lowest BCUT2D eigenvalue weighted by molar-refractivity contribution is 0.0600. The Kier molecular flexibility index (Phi) is 7.47. The van der Waals surface area contributed by atoms with Crippen LogP contribution in [-0.2, 0) is 11.2 Å². The molecule has 2 rings (SSSR count). The molecule has 0 N–H and O–H groups in total. The fraction of sp³-hybridized carbons (Fsp3) is 0.348. The summed E-state index contributed by atoms with van der Waals surface area (Å²) < 4.78 is 16.1. The number of methoxy groups -OCH3 is 3. The molecule has 0 saturated heterocycles. The van der Waals surface area contributed by atoms with Gasteiger partial charge in [-0.05, 0) is 42.5 Å². The fourth-order valence-corrected chi connectivity index (χ4v) is 2.98. The molecule has 0 fully saturated rings. The van der Waals surface area contributed by atoms with E-state index in [0.717, 1.165) is 41.0 Å². The molecule has 27 heavy (non-hydrogen) atoms. The Hall–Kier alpha value is -2.75. The Balaban J connectivity index is 2.43. The van der Waals surface area contributed by atoms with E-state index in [1.54, 1.807) is 20.3 Å². The van der Waals surface area contributed by atoms with E-state index in [4.69, 9.17) is 14.2 Å². The lowest BCUT2D eigenvalue weighted by Gasteiger charge is -2.16. The van der Waals surface area contributed by atoms with Gasteiger partial charge in [0.25, 0.3) is 0 Å². The Morgan fingerprint density at radius 2 is 1.67 bits per heavy atom. The molecule has 0 saturated carbocycles. The van der Waals surface area contributed by atoms with Crippen LogP contribution in [0, 0.1) is 5.92 Å². The van der Waals surface area contributed by atoms with Gasteiger partial charge in [-0.15, -0.1) is 0 Å². The van der Waals surface area contributed by atoms with Crippen molar-refractivity contribution in [1.29, 1.82) is 0 Å². The van der Waals surface area contributed by atoms with Gasteiger partial charge in [0.05, 0.1) is 26.9 Å². The van der Waals surface area contributed by atoms with Crippen LogP contribution in [0.2, 0.25) is 0 Å². The minimum Gasteiger partial charge on any atom is -0.496 e. The van der Waals surface area contributed by atoms with E-state index >= 15 is 0 Å². The number of hydrogen-bond donors (Lipinski definition) is 0. The second kappa shape index (κ2) is 9.81. The van der Waals surface area contributed by atoms with Gasteiger partial charge in [-0.2, -0.15) is 0 Å². The van der Waals surface area contributed by atoms with Crippen molar-refractivity contribution in [3.8, 4) is 11.5 Å². The fourth-order valence-electron chi connectivity index (χ4n) is 2.98. The summed E-state index contributed by atoms with van der Waals surface area (Å²) in [5, 5.41) is 0. The number of carbonyl (C=O) groups excluding carboxylic acids is 1. The van der Waals surface area contributed by atoms with Gasteiger partial charge in [-0.1, -0.05) is 44.2 Å². The van der Waals surface area contributed by atoms with Gasteiger partial charge in [-0.3, -0.25) is 0 Å².